The predicted octanol–water partition coefficient (Wildman–Crippen LogP) is 4.15. The van der Waals surface area contributed by atoms with E-state index in [9.17, 15) is 29.8 Å². The second-order valence-electron chi connectivity index (χ2n) is 6.50. The molecule has 13 heteroatoms. The van der Waals surface area contributed by atoms with Crippen LogP contribution >= 0.6 is 15.9 Å². The Kier molecular flexibility index (Phi) is 7.61. The molecule has 0 heterocycles. The quantitative estimate of drug-likeness (QED) is 0.201. The summed E-state index contributed by atoms with van der Waals surface area (Å²) in [5.41, 5.74) is 1.94. The van der Waals surface area contributed by atoms with Crippen LogP contribution in [0.2, 0.25) is 0 Å². The number of rotatable bonds is 7. The monoisotopic (exact) mass is 527 g/mol. The van der Waals surface area contributed by atoms with Crippen molar-refractivity contribution in [3.05, 3.63) is 97.0 Å². The zero-order chi connectivity index (χ0) is 24.7. The maximum absolute atomic E-state index is 11.9. The Morgan fingerprint density at radius 1 is 0.941 bits per heavy atom. The van der Waals surface area contributed by atoms with Crippen molar-refractivity contribution >= 4 is 51.0 Å². The molecule has 0 aliphatic rings. The molecule has 3 rings (SSSR count). The number of nitro groups is 2. The Balaban J connectivity index is 1.65. The summed E-state index contributed by atoms with van der Waals surface area (Å²) >= 11 is 3.26. The largest absolute Gasteiger partial charge is 0.450 e. The molecule has 0 fully saturated rings. The lowest BCUT2D eigenvalue weighted by molar-refractivity contribution is -0.394. The Hall–Kier alpha value is -4.65. The van der Waals surface area contributed by atoms with Crippen molar-refractivity contribution in [2.75, 3.05) is 5.32 Å². The molecule has 3 aromatic rings. The van der Waals surface area contributed by atoms with Gasteiger partial charge in [-0.05, 0) is 48.0 Å². The first-order valence-electron chi connectivity index (χ1n) is 9.33. The molecule has 172 valence electrons. The third-order valence-corrected chi connectivity index (χ3v) is 4.65. The molecule has 0 bridgehead atoms. The van der Waals surface area contributed by atoms with E-state index < -0.39 is 33.0 Å². The molecule has 12 nitrogen and oxygen atoms in total. The first-order chi connectivity index (χ1) is 16.2. The fourth-order valence-corrected chi connectivity index (χ4v) is 2.84. The highest BCUT2D eigenvalue weighted by atomic mass is 79.9. The van der Waals surface area contributed by atoms with Gasteiger partial charge in [0.1, 0.15) is 5.75 Å². The van der Waals surface area contributed by atoms with Crippen molar-refractivity contribution in [2.24, 2.45) is 5.10 Å². The van der Waals surface area contributed by atoms with E-state index in [-0.39, 0.29) is 11.5 Å². The topological polar surface area (TPSA) is 166 Å². The van der Waals surface area contributed by atoms with Gasteiger partial charge >= 0.3 is 17.5 Å². The fourth-order valence-electron chi connectivity index (χ4n) is 2.57. The number of halogens is 1. The number of ether oxygens (including phenoxy) is 1. The van der Waals surface area contributed by atoms with E-state index in [2.05, 4.69) is 31.8 Å². The minimum Gasteiger partial charge on any atom is -0.450 e. The number of anilines is 1. The van der Waals surface area contributed by atoms with Crippen LogP contribution in [0.15, 0.2) is 76.3 Å². The van der Waals surface area contributed by atoms with Gasteiger partial charge in [-0.2, -0.15) is 5.10 Å². The molecule has 0 saturated heterocycles. The van der Waals surface area contributed by atoms with E-state index in [1.165, 1.54) is 18.3 Å². The van der Waals surface area contributed by atoms with Gasteiger partial charge in [0.2, 0.25) is 5.75 Å². The smallest absolute Gasteiger partial charge is 0.329 e. The molecule has 0 unspecified atom stereocenters. The van der Waals surface area contributed by atoms with E-state index in [0.29, 0.717) is 11.3 Å². The summed E-state index contributed by atoms with van der Waals surface area (Å²) in [5.74, 6) is -1.92. The van der Waals surface area contributed by atoms with Crippen LogP contribution in [-0.4, -0.2) is 27.9 Å². The number of carbonyl (C=O) groups excluding carboxylic acids is 2. The van der Waals surface area contributed by atoms with E-state index >= 15 is 0 Å². The first kappa shape index (κ1) is 24.0. The Bertz CT molecular complexity index is 1290. The lowest BCUT2D eigenvalue weighted by Crippen LogP contribution is -2.32. The fraction of sp³-hybridized carbons (Fsp3) is 0. The maximum Gasteiger partial charge on any atom is 0.329 e. The summed E-state index contributed by atoms with van der Waals surface area (Å²) in [7, 11) is 0. The third kappa shape index (κ3) is 6.43. The number of hydrazone groups is 1. The minimum absolute atomic E-state index is 0.181. The van der Waals surface area contributed by atoms with E-state index in [1.54, 1.807) is 36.4 Å². The molecule has 0 saturated carbocycles. The molecule has 0 radical (unpaired) electrons. The summed E-state index contributed by atoms with van der Waals surface area (Å²) in [6.07, 6.45) is 1.24. The van der Waals surface area contributed by atoms with Crippen molar-refractivity contribution in [1.29, 1.82) is 0 Å². The molecule has 2 amide bonds. The highest BCUT2D eigenvalue weighted by molar-refractivity contribution is 9.10. The lowest BCUT2D eigenvalue weighted by Gasteiger charge is -2.07. The average Bonchev–Trinajstić information content (AvgIpc) is 2.80. The average molecular weight is 528 g/mol. The van der Waals surface area contributed by atoms with Gasteiger partial charge in [0.05, 0.1) is 22.1 Å². The molecule has 2 N–H and O–H groups in total. The standard InChI is InChI=1S/C21H14BrN5O7/c22-14-4-6-15(7-5-14)24-20(28)21(29)25-23-12-13-2-1-3-17(10-13)34-19-9-8-16(26(30)31)11-18(19)27(32)33/h1-12H,(H,24,28)(H,25,29)/b23-12+. The highest BCUT2D eigenvalue weighted by Crippen LogP contribution is 2.34. The summed E-state index contributed by atoms with van der Waals surface area (Å²) in [4.78, 5) is 44.4. The third-order valence-electron chi connectivity index (χ3n) is 4.12. The van der Waals surface area contributed by atoms with Gasteiger partial charge in [-0.1, -0.05) is 28.1 Å². The number of carbonyl (C=O) groups is 2. The van der Waals surface area contributed by atoms with Crippen molar-refractivity contribution in [3.63, 3.8) is 0 Å². The van der Waals surface area contributed by atoms with Gasteiger partial charge in [0, 0.05) is 16.2 Å². The van der Waals surface area contributed by atoms with Crippen LogP contribution in [0.3, 0.4) is 0 Å². The predicted molar refractivity (Wildman–Crippen MR) is 125 cm³/mol. The molecule has 0 atom stereocenters. The number of hydrogen-bond acceptors (Lipinski definition) is 8. The number of amides is 2. The lowest BCUT2D eigenvalue weighted by atomic mass is 10.2. The van der Waals surface area contributed by atoms with Crippen LogP contribution in [0.1, 0.15) is 5.56 Å². The SMILES string of the molecule is O=C(N/N=C/c1cccc(Oc2ccc([N+](=O)[O-])cc2[N+](=O)[O-])c1)C(=O)Nc1ccc(Br)cc1. The highest BCUT2D eigenvalue weighted by Gasteiger charge is 2.21. The second-order valence-corrected chi connectivity index (χ2v) is 7.42. The van der Waals surface area contributed by atoms with Crippen LogP contribution in [0, 0.1) is 20.2 Å². The van der Waals surface area contributed by atoms with Gasteiger partial charge < -0.3 is 10.1 Å². The number of nitrogens with zero attached hydrogens (tertiary/aromatic N) is 3. The minimum atomic E-state index is -0.993. The summed E-state index contributed by atoms with van der Waals surface area (Å²) in [5, 5.41) is 28.2. The first-order valence-corrected chi connectivity index (χ1v) is 10.1. The van der Waals surface area contributed by atoms with Crippen molar-refractivity contribution in [3.8, 4) is 11.5 Å². The van der Waals surface area contributed by atoms with Crippen LogP contribution in [0.5, 0.6) is 11.5 Å². The van der Waals surface area contributed by atoms with E-state index in [0.717, 1.165) is 22.7 Å². The Labute approximate surface area is 199 Å². The Morgan fingerprint density at radius 2 is 1.68 bits per heavy atom. The van der Waals surface area contributed by atoms with E-state index in [4.69, 9.17) is 4.74 Å². The summed E-state index contributed by atoms with van der Waals surface area (Å²) < 4.78 is 6.32. The van der Waals surface area contributed by atoms with Gasteiger partial charge in [-0.25, -0.2) is 5.43 Å². The van der Waals surface area contributed by atoms with E-state index in [1.807, 2.05) is 0 Å². The van der Waals surface area contributed by atoms with Gasteiger partial charge in [0.15, 0.2) is 0 Å². The number of benzene rings is 3. The molecule has 0 spiro atoms. The van der Waals surface area contributed by atoms with Crippen LogP contribution in [-0.2, 0) is 9.59 Å². The molecular formula is C21H14BrN5O7. The van der Waals surface area contributed by atoms with Crippen LogP contribution < -0.4 is 15.5 Å². The van der Waals surface area contributed by atoms with Crippen LogP contribution in [0.25, 0.3) is 0 Å². The molecule has 0 aromatic heterocycles. The summed E-state index contributed by atoms with van der Waals surface area (Å²) in [6.45, 7) is 0. The number of nitrogens with one attached hydrogen (secondary N) is 2. The van der Waals surface area contributed by atoms with Crippen molar-refractivity contribution < 1.29 is 24.2 Å². The zero-order valence-electron chi connectivity index (χ0n) is 17.0. The summed E-state index contributed by atoms with van der Waals surface area (Å²) in [6, 6.07) is 15.8. The number of hydrogen-bond donors (Lipinski definition) is 2. The van der Waals surface area contributed by atoms with Gasteiger partial charge in [-0.3, -0.25) is 29.8 Å². The zero-order valence-corrected chi connectivity index (χ0v) is 18.6. The second kappa shape index (κ2) is 10.8. The van der Waals surface area contributed by atoms with Gasteiger partial charge in [0.25, 0.3) is 5.69 Å². The van der Waals surface area contributed by atoms with Crippen molar-refractivity contribution in [1.82, 2.24) is 5.43 Å². The molecule has 0 aliphatic carbocycles. The molecule has 34 heavy (non-hydrogen) atoms. The maximum atomic E-state index is 11.9. The number of non-ortho nitro benzene ring substituents is 1. The number of nitro benzene ring substituents is 2. The van der Waals surface area contributed by atoms with Crippen LogP contribution in [0.4, 0.5) is 17.1 Å². The normalized spacial score (nSPS) is 10.5. The molecule has 0 aliphatic heterocycles. The molecular weight excluding hydrogens is 514 g/mol. The molecule has 3 aromatic carbocycles. The van der Waals surface area contributed by atoms with Gasteiger partial charge in [-0.15, -0.1) is 0 Å². The van der Waals surface area contributed by atoms with Crippen molar-refractivity contribution in [2.45, 2.75) is 0 Å². The Morgan fingerprint density at radius 3 is 2.35 bits per heavy atom.